The predicted octanol–water partition coefficient (Wildman–Crippen LogP) is 2.51. The molecule has 1 aliphatic rings. The molecule has 2 N–H and O–H groups in total. The van der Waals surface area contributed by atoms with Crippen LogP contribution in [0.2, 0.25) is 0 Å². The molecule has 0 saturated carbocycles. The van der Waals surface area contributed by atoms with Crippen molar-refractivity contribution in [3.8, 4) is 11.5 Å². The molecule has 0 fully saturated rings. The number of carbonyl (C=O) groups excluding carboxylic acids is 2. The molecule has 110 valence electrons. The van der Waals surface area contributed by atoms with Crippen LogP contribution in [0.25, 0.3) is 0 Å². The number of benzene rings is 2. The molecule has 0 bridgehead atoms. The number of carbonyl (C=O) groups is 2. The van der Waals surface area contributed by atoms with Crippen molar-refractivity contribution in [3.63, 3.8) is 0 Å². The maximum atomic E-state index is 12.4. The number of hydrogen-bond acceptors (Lipinski definition) is 5. The van der Waals surface area contributed by atoms with Crippen LogP contribution >= 0.6 is 0 Å². The van der Waals surface area contributed by atoms with Crippen LogP contribution in [0.3, 0.4) is 0 Å². The zero-order valence-electron chi connectivity index (χ0n) is 11.6. The van der Waals surface area contributed by atoms with Crippen molar-refractivity contribution in [3.05, 3.63) is 59.2 Å². The summed E-state index contributed by atoms with van der Waals surface area (Å²) in [6.07, 6.45) is -0.171. The SMILES string of the molecule is O=C1CC(=NCc2ccccc2)C(=O)c2c(O)ccc(O)c21. The minimum Gasteiger partial charge on any atom is -0.507 e. The molecular weight excluding hydrogens is 282 g/mol. The monoisotopic (exact) mass is 295 g/mol. The second-order valence-electron chi connectivity index (χ2n) is 5.03. The summed E-state index contributed by atoms with van der Waals surface area (Å²) in [5.74, 6) is -1.56. The molecular formula is C17H13NO4. The Morgan fingerprint density at radius 2 is 1.55 bits per heavy atom. The quantitative estimate of drug-likeness (QED) is 0.833. The number of rotatable bonds is 2. The van der Waals surface area contributed by atoms with Gasteiger partial charge in [-0.3, -0.25) is 14.6 Å². The third kappa shape index (κ3) is 2.37. The van der Waals surface area contributed by atoms with Gasteiger partial charge in [-0.2, -0.15) is 0 Å². The lowest BCUT2D eigenvalue weighted by molar-refractivity contribution is 0.0960. The van der Waals surface area contributed by atoms with E-state index in [-0.39, 0.29) is 41.3 Å². The van der Waals surface area contributed by atoms with E-state index in [1.54, 1.807) is 0 Å². The number of nitrogens with zero attached hydrogens (tertiary/aromatic N) is 1. The van der Waals surface area contributed by atoms with Crippen molar-refractivity contribution in [2.45, 2.75) is 13.0 Å². The molecule has 0 aromatic heterocycles. The molecule has 5 nitrogen and oxygen atoms in total. The van der Waals surface area contributed by atoms with Crippen LogP contribution in [0.15, 0.2) is 47.5 Å². The highest BCUT2D eigenvalue weighted by atomic mass is 16.3. The van der Waals surface area contributed by atoms with E-state index in [2.05, 4.69) is 4.99 Å². The Hall–Kier alpha value is -2.95. The number of hydrogen-bond donors (Lipinski definition) is 2. The summed E-state index contributed by atoms with van der Waals surface area (Å²) in [4.78, 5) is 28.7. The molecule has 3 rings (SSSR count). The molecule has 0 heterocycles. The largest absolute Gasteiger partial charge is 0.507 e. The van der Waals surface area contributed by atoms with Gasteiger partial charge in [-0.05, 0) is 17.7 Å². The summed E-state index contributed by atoms with van der Waals surface area (Å²) < 4.78 is 0. The van der Waals surface area contributed by atoms with Gasteiger partial charge >= 0.3 is 0 Å². The van der Waals surface area contributed by atoms with E-state index >= 15 is 0 Å². The molecule has 0 radical (unpaired) electrons. The summed E-state index contributed by atoms with van der Waals surface area (Å²) in [7, 11) is 0. The number of ketones is 2. The smallest absolute Gasteiger partial charge is 0.211 e. The number of aliphatic imine (C=N–C) groups is 1. The van der Waals surface area contributed by atoms with E-state index in [9.17, 15) is 19.8 Å². The fourth-order valence-corrected chi connectivity index (χ4v) is 2.46. The Morgan fingerprint density at radius 3 is 2.23 bits per heavy atom. The summed E-state index contributed by atoms with van der Waals surface area (Å²) in [6.45, 7) is 0.282. The molecule has 0 atom stereocenters. The maximum absolute atomic E-state index is 12.4. The molecule has 0 spiro atoms. The van der Waals surface area contributed by atoms with Crippen molar-refractivity contribution >= 4 is 17.3 Å². The van der Waals surface area contributed by atoms with Gasteiger partial charge in [0.2, 0.25) is 5.78 Å². The van der Waals surface area contributed by atoms with Crippen LogP contribution < -0.4 is 0 Å². The molecule has 5 heteroatoms. The molecule has 1 aliphatic carbocycles. The van der Waals surface area contributed by atoms with Gasteiger partial charge in [0.1, 0.15) is 11.5 Å². The van der Waals surface area contributed by atoms with E-state index < -0.39 is 11.6 Å². The highest BCUT2D eigenvalue weighted by molar-refractivity contribution is 6.53. The lowest BCUT2D eigenvalue weighted by Gasteiger charge is -2.17. The Bertz CT molecular complexity index is 794. The van der Waals surface area contributed by atoms with Crippen molar-refractivity contribution < 1.29 is 19.8 Å². The molecule has 2 aromatic carbocycles. The first-order chi connectivity index (χ1) is 10.6. The van der Waals surface area contributed by atoms with Crippen LogP contribution in [0, 0.1) is 0 Å². The zero-order valence-corrected chi connectivity index (χ0v) is 11.6. The average Bonchev–Trinajstić information content (AvgIpc) is 2.52. The van der Waals surface area contributed by atoms with E-state index in [0.29, 0.717) is 0 Å². The van der Waals surface area contributed by atoms with Gasteiger partial charge in [-0.25, -0.2) is 0 Å². The minimum atomic E-state index is -0.515. The highest BCUT2D eigenvalue weighted by Crippen LogP contribution is 2.34. The Kier molecular flexibility index (Phi) is 3.47. The van der Waals surface area contributed by atoms with Crippen LogP contribution in [-0.4, -0.2) is 27.5 Å². The Morgan fingerprint density at radius 1 is 0.909 bits per heavy atom. The first kappa shape index (κ1) is 14.0. The van der Waals surface area contributed by atoms with E-state index in [1.807, 2.05) is 30.3 Å². The summed E-state index contributed by atoms with van der Waals surface area (Å²) in [6, 6.07) is 11.7. The summed E-state index contributed by atoms with van der Waals surface area (Å²) in [5.41, 5.74) is 0.732. The highest BCUT2D eigenvalue weighted by Gasteiger charge is 2.33. The van der Waals surface area contributed by atoms with Crippen LogP contribution in [-0.2, 0) is 6.54 Å². The fourth-order valence-electron chi connectivity index (χ4n) is 2.46. The molecule has 0 unspecified atom stereocenters. The fraction of sp³-hybridized carbons (Fsp3) is 0.118. The van der Waals surface area contributed by atoms with Gasteiger partial charge < -0.3 is 10.2 Å². The standard InChI is InChI=1S/C17H13NO4/c19-12-6-7-13(20)16-15(12)14(21)8-11(17(16)22)18-9-10-4-2-1-3-5-10/h1-7,19-20H,8-9H2. The van der Waals surface area contributed by atoms with E-state index in [4.69, 9.17) is 0 Å². The van der Waals surface area contributed by atoms with Crippen LogP contribution in [0.4, 0.5) is 0 Å². The molecule has 0 amide bonds. The van der Waals surface area contributed by atoms with Crippen molar-refractivity contribution in [2.24, 2.45) is 4.99 Å². The number of fused-ring (bicyclic) bond motifs is 1. The zero-order chi connectivity index (χ0) is 15.7. The van der Waals surface area contributed by atoms with Gasteiger partial charge in [0, 0.05) is 0 Å². The normalized spacial score (nSPS) is 15.9. The average molecular weight is 295 g/mol. The van der Waals surface area contributed by atoms with Crippen molar-refractivity contribution in [1.82, 2.24) is 0 Å². The third-order valence-electron chi connectivity index (χ3n) is 3.55. The van der Waals surface area contributed by atoms with E-state index in [0.717, 1.165) is 5.56 Å². The van der Waals surface area contributed by atoms with Gasteiger partial charge in [-0.15, -0.1) is 0 Å². The second-order valence-corrected chi connectivity index (χ2v) is 5.03. The number of phenolic OH excluding ortho intramolecular Hbond substituents is 2. The Balaban J connectivity index is 1.98. The van der Waals surface area contributed by atoms with Crippen LogP contribution in [0.1, 0.15) is 32.7 Å². The number of Topliss-reactive ketones (excluding diaryl/α,β-unsaturated/α-hetero) is 2. The number of aromatic hydroxyl groups is 2. The lowest BCUT2D eigenvalue weighted by atomic mass is 9.86. The minimum absolute atomic E-state index is 0.0993. The lowest BCUT2D eigenvalue weighted by Crippen LogP contribution is -2.27. The van der Waals surface area contributed by atoms with Gasteiger partial charge in [0.15, 0.2) is 5.78 Å². The summed E-state index contributed by atoms with van der Waals surface area (Å²) >= 11 is 0. The first-order valence-electron chi connectivity index (χ1n) is 6.78. The van der Waals surface area contributed by atoms with Crippen molar-refractivity contribution in [1.29, 1.82) is 0 Å². The van der Waals surface area contributed by atoms with Crippen molar-refractivity contribution in [2.75, 3.05) is 0 Å². The van der Waals surface area contributed by atoms with Crippen LogP contribution in [0.5, 0.6) is 11.5 Å². The molecule has 2 aromatic rings. The first-order valence-corrected chi connectivity index (χ1v) is 6.78. The molecule has 0 saturated heterocycles. The molecule has 22 heavy (non-hydrogen) atoms. The van der Waals surface area contributed by atoms with Gasteiger partial charge in [0.25, 0.3) is 0 Å². The predicted molar refractivity (Wildman–Crippen MR) is 80.6 cm³/mol. The maximum Gasteiger partial charge on any atom is 0.211 e. The Labute approximate surface area is 126 Å². The van der Waals surface area contributed by atoms with Gasteiger partial charge in [0.05, 0.1) is 29.8 Å². The van der Waals surface area contributed by atoms with Gasteiger partial charge in [-0.1, -0.05) is 30.3 Å². The molecule has 0 aliphatic heterocycles. The third-order valence-corrected chi connectivity index (χ3v) is 3.55. The summed E-state index contributed by atoms with van der Waals surface area (Å²) in [5, 5.41) is 19.6. The number of phenols is 2. The topological polar surface area (TPSA) is 87.0 Å². The second kappa shape index (κ2) is 5.44. The van der Waals surface area contributed by atoms with E-state index in [1.165, 1.54) is 12.1 Å².